The average Bonchev–Trinajstić information content (AvgIpc) is 3.35. The number of hydrogen-bond donors (Lipinski definition) is 1. The summed E-state index contributed by atoms with van der Waals surface area (Å²) < 4.78 is 10.7. The topological polar surface area (TPSA) is 72.8 Å². The average molecular weight is 956 g/mol. The Bertz CT molecular complexity index is 1400. The van der Waals surface area contributed by atoms with Crippen LogP contribution in [-0.4, -0.2) is 36.4 Å². The molecule has 1 unspecified atom stereocenters. The third kappa shape index (κ3) is 56.8. The maximum atomic E-state index is 12.3. The molecule has 0 fully saturated rings. The minimum Gasteiger partial charge on any atom is -0.462 e. The van der Waals surface area contributed by atoms with E-state index in [-0.39, 0.29) is 25.2 Å². The van der Waals surface area contributed by atoms with Crippen molar-refractivity contribution in [1.29, 1.82) is 0 Å². The second-order valence-corrected chi connectivity index (χ2v) is 18.6. The van der Waals surface area contributed by atoms with Gasteiger partial charge in [-0.1, -0.05) is 251 Å². The summed E-state index contributed by atoms with van der Waals surface area (Å²) in [6.45, 7) is 4.02. The monoisotopic (exact) mass is 955 g/mol. The fourth-order valence-electron chi connectivity index (χ4n) is 7.72. The van der Waals surface area contributed by atoms with Crippen LogP contribution >= 0.6 is 0 Å². The van der Waals surface area contributed by atoms with Crippen molar-refractivity contribution < 1.29 is 24.2 Å². The molecule has 0 amide bonds. The number of carbonyl (C=O) groups is 2. The van der Waals surface area contributed by atoms with Crippen LogP contribution in [0.1, 0.15) is 251 Å². The first-order chi connectivity index (χ1) is 34.1. The molecule has 0 bridgehead atoms. The molecule has 0 saturated carbocycles. The van der Waals surface area contributed by atoms with Gasteiger partial charge in [-0.25, -0.2) is 0 Å². The quantitative estimate of drug-likeness (QED) is 0.0374. The smallest absolute Gasteiger partial charge is 0.306 e. The number of esters is 2. The van der Waals surface area contributed by atoms with Gasteiger partial charge in [-0.2, -0.15) is 0 Å². The number of aliphatic hydroxyl groups is 1. The zero-order valence-corrected chi connectivity index (χ0v) is 44.8. The van der Waals surface area contributed by atoms with E-state index in [4.69, 9.17) is 9.47 Å². The lowest BCUT2D eigenvalue weighted by Crippen LogP contribution is -2.28. The number of rotatable bonds is 51. The van der Waals surface area contributed by atoms with E-state index in [1.807, 2.05) is 0 Å². The first-order valence-corrected chi connectivity index (χ1v) is 28.6. The van der Waals surface area contributed by atoms with Crippen LogP contribution in [0.15, 0.2) is 122 Å². The van der Waals surface area contributed by atoms with Crippen molar-refractivity contribution in [2.24, 2.45) is 0 Å². The summed E-state index contributed by atoms with van der Waals surface area (Å²) >= 11 is 0. The molecular weight excluding hydrogens is 849 g/mol. The molecule has 0 rings (SSSR count). The Hall–Kier alpha value is -3.70. The molecular formula is C64H106O5. The lowest BCUT2D eigenvalue weighted by molar-refractivity contribution is -0.161. The highest BCUT2D eigenvalue weighted by Gasteiger charge is 2.16. The maximum Gasteiger partial charge on any atom is 0.306 e. The SMILES string of the molecule is CC/C=C\C/C=C\C/C=C\C/C=C\C/C=C\C/C=C\C/C=C\C/C=C\C/C=C\CCCCCCCCCCCC(=O)OC(CO)COC(=O)CCCCCCCCC/C=C\CCCCCCCCC. The number of hydrogen-bond acceptors (Lipinski definition) is 5. The van der Waals surface area contributed by atoms with Crippen molar-refractivity contribution in [1.82, 2.24) is 0 Å². The van der Waals surface area contributed by atoms with Crippen LogP contribution in [-0.2, 0) is 19.1 Å². The largest absolute Gasteiger partial charge is 0.462 e. The van der Waals surface area contributed by atoms with Crippen LogP contribution in [0.25, 0.3) is 0 Å². The molecule has 0 aliphatic heterocycles. The van der Waals surface area contributed by atoms with Gasteiger partial charge in [0.15, 0.2) is 6.10 Å². The zero-order chi connectivity index (χ0) is 49.9. The third-order valence-corrected chi connectivity index (χ3v) is 12.0. The van der Waals surface area contributed by atoms with Gasteiger partial charge in [0.1, 0.15) is 6.61 Å². The lowest BCUT2D eigenvalue weighted by atomic mass is 10.1. The van der Waals surface area contributed by atoms with E-state index in [0.29, 0.717) is 12.8 Å². The fourth-order valence-corrected chi connectivity index (χ4v) is 7.72. The summed E-state index contributed by atoms with van der Waals surface area (Å²) in [5.74, 6) is -0.605. The lowest BCUT2D eigenvalue weighted by Gasteiger charge is -2.15. The van der Waals surface area contributed by atoms with Gasteiger partial charge in [-0.15, -0.1) is 0 Å². The van der Waals surface area contributed by atoms with Gasteiger partial charge < -0.3 is 14.6 Å². The molecule has 0 saturated heterocycles. The molecule has 1 N–H and O–H groups in total. The van der Waals surface area contributed by atoms with Gasteiger partial charge in [-0.05, 0) is 109 Å². The Morgan fingerprint density at radius 1 is 0.348 bits per heavy atom. The number of carbonyl (C=O) groups excluding carboxylic acids is 2. The highest BCUT2D eigenvalue weighted by atomic mass is 16.6. The molecule has 392 valence electrons. The third-order valence-electron chi connectivity index (χ3n) is 12.0. The number of allylic oxidation sites excluding steroid dienone is 20. The summed E-state index contributed by atoms with van der Waals surface area (Å²) in [5, 5.41) is 9.64. The van der Waals surface area contributed by atoms with Gasteiger partial charge in [0.05, 0.1) is 6.61 Å². The van der Waals surface area contributed by atoms with Crippen LogP contribution in [0.3, 0.4) is 0 Å². The summed E-state index contributed by atoms with van der Waals surface area (Å²) in [6.07, 6.45) is 85.9. The summed E-state index contributed by atoms with van der Waals surface area (Å²) in [6, 6.07) is 0. The normalized spacial score (nSPS) is 13.1. The molecule has 5 nitrogen and oxygen atoms in total. The summed E-state index contributed by atoms with van der Waals surface area (Å²) in [5.41, 5.74) is 0. The van der Waals surface area contributed by atoms with Crippen LogP contribution in [0, 0.1) is 0 Å². The Kier molecular flexibility index (Phi) is 55.5. The highest BCUT2D eigenvalue weighted by molar-refractivity contribution is 5.70. The predicted molar refractivity (Wildman–Crippen MR) is 302 cm³/mol. The van der Waals surface area contributed by atoms with Crippen LogP contribution in [0.4, 0.5) is 0 Å². The van der Waals surface area contributed by atoms with E-state index in [0.717, 1.165) is 103 Å². The molecule has 1 atom stereocenters. The van der Waals surface area contributed by atoms with E-state index < -0.39 is 6.10 Å². The van der Waals surface area contributed by atoms with E-state index in [1.165, 1.54) is 122 Å². The molecule has 0 radical (unpaired) electrons. The predicted octanol–water partition coefficient (Wildman–Crippen LogP) is 19.5. The van der Waals surface area contributed by atoms with Crippen LogP contribution in [0.2, 0.25) is 0 Å². The first-order valence-electron chi connectivity index (χ1n) is 28.6. The van der Waals surface area contributed by atoms with Gasteiger partial charge in [-0.3, -0.25) is 9.59 Å². The summed E-state index contributed by atoms with van der Waals surface area (Å²) in [7, 11) is 0. The van der Waals surface area contributed by atoms with Gasteiger partial charge in [0.25, 0.3) is 0 Å². The van der Waals surface area contributed by atoms with Crippen LogP contribution in [0.5, 0.6) is 0 Å². The van der Waals surface area contributed by atoms with E-state index in [9.17, 15) is 14.7 Å². The fraction of sp³-hybridized carbons (Fsp3) is 0.656. The molecule has 0 aliphatic carbocycles. The second-order valence-electron chi connectivity index (χ2n) is 18.6. The summed E-state index contributed by atoms with van der Waals surface area (Å²) in [4.78, 5) is 24.5. The van der Waals surface area contributed by atoms with Gasteiger partial charge in [0, 0.05) is 12.8 Å². The van der Waals surface area contributed by atoms with E-state index in [2.05, 4.69) is 135 Å². The standard InChI is InChI=1S/C64H106O5/c1-3-5-7-9-11-13-15-17-19-21-23-24-25-26-27-28-29-30-31-32-33-34-35-36-37-38-39-40-41-43-45-47-49-51-53-55-57-59-64(67)69-62(60-65)61-68-63(66)58-56-54-52-50-48-46-44-42-22-20-18-16-14-12-10-8-6-4-2/h5,7,11,13,17,19-20,22-24,26-27,29-30,32-33,35-36,38-39,62,65H,3-4,6,8-10,12,14-16,18,21,25,28,31,34,37,40-61H2,1-2H3/b7-5-,13-11-,19-17-,22-20-,24-23-,27-26-,30-29-,33-32-,36-35-,39-38-. The molecule has 0 aromatic heterocycles. The van der Waals surface area contributed by atoms with Crippen LogP contribution < -0.4 is 0 Å². The Balaban J connectivity index is 3.58. The molecule has 5 heteroatoms. The minimum atomic E-state index is -0.785. The van der Waals surface area contributed by atoms with Crippen molar-refractivity contribution >= 4 is 11.9 Å². The van der Waals surface area contributed by atoms with E-state index >= 15 is 0 Å². The van der Waals surface area contributed by atoms with Gasteiger partial charge in [0.2, 0.25) is 0 Å². The Morgan fingerprint density at radius 2 is 0.623 bits per heavy atom. The van der Waals surface area contributed by atoms with Gasteiger partial charge >= 0.3 is 11.9 Å². The maximum absolute atomic E-state index is 12.3. The van der Waals surface area contributed by atoms with Crippen molar-refractivity contribution in [2.45, 2.75) is 258 Å². The van der Waals surface area contributed by atoms with Crippen molar-refractivity contribution in [3.05, 3.63) is 122 Å². The molecule has 0 heterocycles. The van der Waals surface area contributed by atoms with Crippen molar-refractivity contribution in [3.63, 3.8) is 0 Å². The molecule has 0 aromatic carbocycles. The number of ether oxygens (including phenoxy) is 2. The molecule has 0 aromatic rings. The van der Waals surface area contributed by atoms with Crippen molar-refractivity contribution in [3.8, 4) is 0 Å². The minimum absolute atomic E-state index is 0.0755. The Morgan fingerprint density at radius 3 is 0.957 bits per heavy atom. The molecule has 0 aliphatic rings. The highest BCUT2D eigenvalue weighted by Crippen LogP contribution is 2.14. The number of unbranched alkanes of at least 4 members (excludes halogenated alkanes) is 23. The zero-order valence-electron chi connectivity index (χ0n) is 44.8. The Labute approximate surface area is 426 Å². The molecule has 69 heavy (non-hydrogen) atoms. The first kappa shape index (κ1) is 65.3. The molecule has 0 spiro atoms. The van der Waals surface area contributed by atoms with Crippen molar-refractivity contribution in [2.75, 3.05) is 13.2 Å². The van der Waals surface area contributed by atoms with E-state index in [1.54, 1.807) is 0 Å². The number of aliphatic hydroxyl groups excluding tert-OH is 1. The second kappa shape index (κ2) is 58.6.